The van der Waals surface area contributed by atoms with Gasteiger partial charge in [0, 0.05) is 19.6 Å². The zero-order chi connectivity index (χ0) is 14.9. The minimum atomic E-state index is -0.0361. The van der Waals surface area contributed by atoms with Gasteiger partial charge in [0.25, 0.3) is 0 Å². The number of benzene rings is 1. The van der Waals surface area contributed by atoms with Gasteiger partial charge in [-0.05, 0) is 55.3 Å². The van der Waals surface area contributed by atoms with Crippen LogP contribution in [-0.4, -0.2) is 43.0 Å². The first kappa shape index (κ1) is 14.2. The van der Waals surface area contributed by atoms with Crippen molar-refractivity contribution in [3.05, 3.63) is 35.4 Å². The maximum Gasteiger partial charge on any atom is 0.240 e. The summed E-state index contributed by atoms with van der Waals surface area (Å²) in [5.41, 5.74) is 2.67. The molecule has 3 atom stereocenters. The molecule has 1 amide bonds. The normalized spacial score (nSPS) is 31.3. The van der Waals surface area contributed by atoms with Crippen LogP contribution in [0.5, 0.6) is 0 Å². The molecule has 0 spiro atoms. The summed E-state index contributed by atoms with van der Waals surface area (Å²) < 4.78 is 0. The molecule has 1 aromatic carbocycles. The average Bonchev–Trinajstić information content (AvgIpc) is 2.92. The van der Waals surface area contributed by atoms with E-state index in [9.17, 15) is 4.79 Å². The van der Waals surface area contributed by atoms with Gasteiger partial charge in [0.1, 0.15) is 0 Å². The molecule has 3 heterocycles. The molecule has 1 unspecified atom stereocenters. The van der Waals surface area contributed by atoms with Crippen LogP contribution in [0.15, 0.2) is 24.3 Å². The summed E-state index contributed by atoms with van der Waals surface area (Å²) in [6, 6.07) is 8.43. The summed E-state index contributed by atoms with van der Waals surface area (Å²) in [5, 5.41) is 6.93. The molecule has 2 fully saturated rings. The van der Waals surface area contributed by atoms with Gasteiger partial charge in [0.2, 0.25) is 5.91 Å². The Labute approximate surface area is 132 Å². The lowest BCUT2D eigenvalue weighted by molar-refractivity contribution is -0.133. The van der Waals surface area contributed by atoms with E-state index in [0.717, 1.165) is 63.8 Å². The fourth-order valence-electron chi connectivity index (χ4n) is 4.29. The third kappa shape index (κ3) is 2.66. The van der Waals surface area contributed by atoms with Gasteiger partial charge in [-0.1, -0.05) is 24.3 Å². The van der Waals surface area contributed by atoms with Gasteiger partial charge < -0.3 is 15.5 Å². The van der Waals surface area contributed by atoms with E-state index in [0.29, 0.717) is 5.91 Å². The maximum absolute atomic E-state index is 12.9. The fourth-order valence-corrected chi connectivity index (χ4v) is 4.29. The van der Waals surface area contributed by atoms with Gasteiger partial charge in [-0.25, -0.2) is 0 Å². The van der Waals surface area contributed by atoms with Crippen LogP contribution in [0.3, 0.4) is 0 Å². The Morgan fingerprint density at radius 3 is 2.45 bits per heavy atom. The summed E-state index contributed by atoms with van der Waals surface area (Å²) in [6.07, 6.45) is 3.15. The highest BCUT2D eigenvalue weighted by Gasteiger charge is 2.34. The van der Waals surface area contributed by atoms with E-state index in [1.54, 1.807) is 0 Å². The Hall–Kier alpha value is -1.39. The number of nitrogens with zero attached hydrogens (tertiary/aromatic N) is 1. The second-order valence-electron chi connectivity index (χ2n) is 6.99. The number of carbonyl (C=O) groups excluding carboxylic acids is 1. The van der Waals surface area contributed by atoms with Gasteiger partial charge in [0.05, 0.1) is 6.04 Å². The van der Waals surface area contributed by atoms with Crippen molar-refractivity contribution in [2.24, 2.45) is 11.8 Å². The van der Waals surface area contributed by atoms with Crippen molar-refractivity contribution in [3.63, 3.8) is 0 Å². The van der Waals surface area contributed by atoms with E-state index in [4.69, 9.17) is 0 Å². The van der Waals surface area contributed by atoms with Crippen LogP contribution in [0.2, 0.25) is 0 Å². The Bertz CT molecular complexity index is 545. The van der Waals surface area contributed by atoms with E-state index in [1.165, 1.54) is 11.1 Å². The number of rotatable bonds is 1. The molecule has 0 aromatic heterocycles. The minimum Gasteiger partial charge on any atom is -0.341 e. The van der Waals surface area contributed by atoms with Gasteiger partial charge >= 0.3 is 0 Å². The predicted molar refractivity (Wildman–Crippen MR) is 86.4 cm³/mol. The van der Waals surface area contributed by atoms with E-state index >= 15 is 0 Å². The standard InChI is InChI=1S/C18H25N3O/c22-18(17-9-13-3-1-2-4-14(13)12-20-17)21-7-5-15-10-19-11-16(15)6-8-21/h1-4,15-17,19-20H,5-12H2/t15-,16+,17?. The number of hydrogen-bond donors (Lipinski definition) is 2. The quantitative estimate of drug-likeness (QED) is 0.818. The number of fused-ring (bicyclic) bond motifs is 2. The Balaban J connectivity index is 1.42. The smallest absolute Gasteiger partial charge is 0.240 e. The van der Waals surface area contributed by atoms with E-state index in [2.05, 4.69) is 39.8 Å². The van der Waals surface area contributed by atoms with Crippen LogP contribution in [0.1, 0.15) is 24.0 Å². The SMILES string of the molecule is O=C(C1Cc2ccccc2CN1)N1CC[C@@H]2CNC[C@@H]2CC1. The number of amides is 1. The molecule has 4 rings (SSSR count). The first-order valence-electron chi connectivity index (χ1n) is 8.61. The van der Waals surface area contributed by atoms with Crippen molar-refractivity contribution in [2.45, 2.75) is 31.8 Å². The molecule has 22 heavy (non-hydrogen) atoms. The van der Waals surface area contributed by atoms with E-state index in [-0.39, 0.29) is 6.04 Å². The number of likely N-dealkylation sites (tertiary alicyclic amines) is 1. The molecule has 2 saturated heterocycles. The summed E-state index contributed by atoms with van der Waals surface area (Å²) in [4.78, 5) is 15.0. The van der Waals surface area contributed by atoms with Gasteiger partial charge in [-0.3, -0.25) is 4.79 Å². The lowest BCUT2D eigenvalue weighted by Crippen LogP contribution is -2.49. The molecule has 4 nitrogen and oxygen atoms in total. The monoisotopic (exact) mass is 299 g/mol. The number of carbonyl (C=O) groups is 1. The van der Waals surface area contributed by atoms with Crippen molar-refractivity contribution in [1.29, 1.82) is 0 Å². The first-order valence-corrected chi connectivity index (χ1v) is 8.61. The third-order valence-corrected chi connectivity index (χ3v) is 5.71. The van der Waals surface area contributed by atoms with E-state index < -0.39 is 0 Å². The van der Waals surface area contributed by atoms with Crippen molar-refractivity contribution < 1.29 is 4.79 Å². The summed E-state index contributed by atoms with van der Waals surface area (Å²) in [7, 11) is 0. The van der Waals surface area contributed by atoms with Gasteiger partial charge in [-0.2, -0.15) is 0 Å². The molecule has 0 radical (unpaired) electrons. The zero-order valence-electron chi connectivity index (χ0n) is 13.1. The highest BCUT2D eigenvalue weighted by Crippen LogP contribution is 2.27. The molecule has 2 N–H and O–H groups in total. The topological polar surface area (TPSA) is 44.4 Å². The minimum absolute atomic E-state index is 0.0361. The molecule has 0 saturated carbocycles. The molecule has 0 aliphatic carbocycles. The van der Waals surface area contributed by atoms with Crippen LogP contribution < -0.4 is 10.6 Å². The summed E-state index contributed by atoms with van der Waals surface area (Å²) in [6.45, 7) is 4.96. The molecular weight excluding hydrogens is 274 g/mol. The number of nitrogens with one attached hydrogen (secondary N) is 2. The van der Waals surface area contributed by atoms with Crippen LogP contribution in [0.25, 0.3) is 0 Å². The van der Waals surface area contributed by atoms with Gasteiger partial charge in [0.15, 0.2) is 0 Å². The number of hydrogen-bond acceptors (Lipinski definition) is 3. The maximum atomic E-state index is 12.9. The molecule has 3 aliphatic rings. The van der Waals surface area contributed by atoms with Gasteiger partial charge in [-0.15, -0.1) is 0 Å². The average molecular weight is 299 g/mol. The second kappa shape index (κ2) is 6.01. The van der Waals surface area contributed by atoms with Crippen LogP contribution in [0.4, 0.5) is 0 Å². The molecule has 118 valence electrons. The summed E-state index contributed by atoms with van der Waals surface area (Å²) in [5.74, 6) is 1.86. The molecule has 0 bridgehead atoms. The van der Waals surface area contributed by atoms with Crippen molar-refractivity contribution >= 4 is 5.91 Å². The Morgan fingerprint density at radius 2 is 1.73 bits per heavy atom. The summed E-state index contributed by atoms with van der Waals surface area (Å²) >= 11 is 0. The Morgan fingerprint density at radius 1 is 1.05 bits per heavy atom. The second-order valence-corrected chi connectivity index (χ2v) is 6.99. The molecule has 3 aliphatic heterocycles. The predicted octanol–water partition coefficient (Wildman–Crippen LogP) is 1.16. The third-order valence-electron chi connectivity index (χ3n) is 5.71. The first-order chi connectivity index (χ1) is 10.8. The highest BCUT2D eigenvalue weighted by atomic mass is 16.2. The van der Waals surface area contributed by atoms with Crippen LogP contribution in [-0.2, 0) is 17.8 Å². The molecule has 4 heteroatoms. The van der Waals surface area contributed by atoms with Crippen LogP contribution in [0, 0.1) is 11.8 Å². The van der Waals surface area contributed by atoms with Crippen molar-refractivity contribution in [2.75, 3.05) is 26.2 Å². The van der Waals surface area contributed by atoms with E-state index in [1.807, 2.05) is 0 Å². The van der Waals surface area contributed by atoms with Crippen molar-refractivity contribution in [3.8, 4) is 0 Å². The van der Waals surface area contributed by atoms with Crippen molar-refractivity contribution in [1.82, 2.24) is 15.5 Å². The molecule has 1 aromatic rings. The fraction of sp³-hybridized carbons (Fsp3) is 0.611. The lowest BCUT2D eigenvalue weighted by atomic mass is 9.92. The highest BCUT2D eigenvalue weighted by molar-refractivity contribution is 5.82. The molecular formula is C18H25N3O. The largest absolute Gasteiger partial charge is 0.341 e. The lowest BCUT2D eigenvalue weighted by Gasteiger charge is -2.30. The Kier molecular flexibility index (Phi) is 3.89. The zero-order valence-corrected chi connectivity index (χ0v) is 13.1. The van der Waals surface area contributed by atoms with Crippen LogP contribution >= 0.6 is 0 Å².